The van der Waals surface area contributed by atoms with E-state index in [2.05, 4.69) is 16.3 Å². The number of hydrogen-bond donors (Lipinski definition) is 1. The minimum absolute atomic E-state index is 0.727. The van der Waals surface area contributed by atoms with Gasteiger partial charge in [0, 0.05) is 19.1 Å². The molecule has 0 atom stereocenters. The number of nitrogens with zero attached hydrogens (tertiary/aromatic N) is 3. The summed E-state index contributed by atoms with van der Waals surface area (Å²) in [7, 11) is 2.19. The van der Waals surface area contributed by atoms with Crippen LogP contribution in [0, 0.1) is 0 Å². The van der Waals surface area contributed by atoms with Crippen LogP contribution in [0.2, 0.25) is 0 Å². The Kier molecular flexibility index (Phi) is 3.67. The lowest BCUT2D eigenvalue weighted by molar-refractivity contribution is -0.0810. The molecule has 0 amide bonds. The Morgan fingerprint density at radius 1 is 1.14 bits per heavy atom. The molecule has 0 aliphatic carbocycles. The maximum atomic E-state index is 9.24. The monoisotopic (exact) mass is 217 g/mol. The van der Waals surface area contributed by atoms with Gasteiger partial charge in [0.2, 0.25) is 0 Å². The van der Waals surface area contributed by atoms with Crippen molar-refractivity contribution in [1.29, 1.82) is 0 Å². The lowest BCUT2D eigenvalue weighted by atomic mass is 10.1. The summed E-state index contributed by atoms with van der Waals surface area (Å²) in [6.07, 6.45) is 2.55. The summed E-state index contributed by atoms with van der Waals surface area (Å²) in [5.41, 5.74) is 0. The number of hydroxylamine groups is 2. The molecule has 2 aliphatic heterocycles. The third-order valence-electron chi connectivity index (χ3n) is 3.05. The first kappa shape index (κ1) is 10.7. The highest BCUT2D eigenvalue weighted by atomic mass is 32.2. The highest BCUT2D eigenvalue weighted by molar-refractivity contribution is 7.97. The van der Waals surface area contributed by atoms with Gasteiger partial charge in [-0.15, -0.1) is 0 Å². The molecule has 1 N–H and O–H groups in total. The second-order valence-electron chi connectivity index (χ2n) is 4.16. The number of hydrogen-bond acceptors (Lipinski definition) is 5. The lowest BCUT2D eigenvalue weighted by Crippen LogP contribution is -2.46. The number of piperidine rings is 1. The van der Waals surface area contributed by atoms with Gasteiger partial charge in [0.05, 0.1) is 5.88 Å². The first-order valence-electron chi connectivity index (χ1n) is 5.27. The quantitative estimate of drug-likeness (QED) is 0.653. The van der Waals surface area contributed by atoms with Crippen LogP contribution < -0.4 is 0 Å². The summed E-state index contributed by atoms with van der Waals surface area (Å²) in [6.45, 7) is 4.21. The van der Waals surface area contributed by atoms with Crippen LogP contribution >= 0.6 is 11.9 Å². The van der Waals surface area contributed by atoms with Gasteiger partial charge in [0.25, 0.3) is 0 Å². The molecule has 2 fully saturated rings. The van der Waals surface area contributed by atoms with E-state index >= 15 is 0 Å². The highest BCUT2D eigenvalue weighted by Crippen LogP contribution is 2.25. The molecule has 0 unspecified atom stereocenters. The van der Waals surface area contributed by atoms with Crippen LogP contribution in [0.4, 0.5) is 0 Å². The fourth-order valence-electron chi connectivity index (χ4n) is 2.05. The van der Waals surface area contributed by atoms with E-state index in [0.717, 1.165) is 25.0 Å². The SMILES string of the molecule is CN1CCC(N2CCN(O)CS2)CC1. The van der Waals surface area contributed by atoms with E-state index in [9.17, 15) is 5.21 Å². The van der Waals surface area contributed by atoms with Crippen molar-refractivity contribution >= 4 is 11.9 Å². The Bertz CT molecular complexity index is 157. The van der Waals surface area contributed by atoms with Crippen molar-refractivity contribution in [1.82, 2.24) is 14.3 Å². The van der Waals surface area contributed by atoms with Crippen molar-refractivity contribution in [3.63, 3.8) is 0 Å². The molecule has 82 valence electrons. The summed E-state index contributed by atoms with van der Waals surface area (Å²) in [5.74, 6) is 0.729. The molecule has 14 heavy (non-hydrogen) atoms. The first-order valence-corrected chi connectivity index (χ1v) is 6.22. The zero-order valence-electron chi connectivity index (χ0n) is 8.72. The number of likely N-dealkylation sites (tertiary alicyclic amines) is 1. The van der Waals surface area contributed by atoms with Crippen molar-refractivity contribution in [2.24, 2.45) is 0 Å². The van der Waals surface area contributed by atoms with Crippen molar-refractivity contribution in [3.05, 3.63) is 0 Å². The van der Waals surface area contributed by atoms with E-state index in [0.29, 0.717) is 0 Å². The molecule has 2 rings (SSSR count). The molecular formula is C9H19N3OS. The van der Waals surface area contributed by atoms with Crippen LogP contribution in [0.15, 0.2) is 0 Å². The molecular weight excluding hydrogens is 198 g/mol. The molecule has 0 saturated carbocycles. The molecule has 0 bridgehead atoms. The largest absolute Gasteiger partial charge is 0.313 e. The van der Waals surface area contributed by atoms with E-state index in [4.69, 9.17) is 0 Å². The molecule has 2 aliphatic rings. The third kappa shape index (κ3) is 2.61. The summed E-state index contributed by atoms with van der Waals surface area (Å²) < 4.78 is 2.46. The van der Waals surface area contributed by atoms with E-state index < -0.39 is 0 Å². The maximum Gasteiger partial charge on any atom is 0.0842 e. The Labute approximate surface area is 89.9 Å². The van der Waals surface area contributed by atoms with Crippen molar-refractivity contribution in [2.45, 2.75) is 18.9 Å². The van der Waals surface area contributed by atoms with Gasteiger partial charge in [-0.25, -0.2) is 4.31 Å². The fraction of sp³-hybridized carbons (Fsp3) is 1.00. The zero-order valence-corrected chi connectivity index (χ0v) is 9.54. The van der Waals surface area contributed by atoms with Crippen molar-refractivity contribution < 1.29 is 5.21 Å². The van der Waals surface area contributed by atoms with Crippen LogP contribution in [0.5, 0.6) is 0 Å². The van der Waals surface area contributed by atoms with Crippen LogP contribution in [0.3, 0.4) is 0 Å². The summed E-state index contributed by atoms with van der Waals surface area (Å²) in [4.78, 5) is 2.39. The smallest absolute Gasteiger partial charge is 0.0842 e. The van der Waals surface area contributed by atoms with E-state index in [1.807, 2.05) is 0 Å². The third-order valence-corrected chi connectivity index (χ3v) is 4.27. The van der Waals surface area contributed by atoms with Gasteiger partial charge in [-0.2, -0.15) is 5.06 Å². The zero-order chi connectivity index (χ0) is 9.97. The van der Waals surface area contributed by atoms with Crippen molar-refractivity contribution in [3.8, 4) is 0 Å². The van der Waals surface area contributed by atoms with Gasteiger partial charge in [0.1, 0.15) is 0 Å². The van der Waals surface area contributed by atoms with Gasteiger partial charge >= 0.3 is 0 Å². The predicted molar refractivity (Wildman–Crippen MR) is 58.2 cm³/mol. The van der Waals surface area contributed by atoms with E-state index in [-0.39, 0.29) is 0 Å². The summed E-state index contributed by atoms with van der Waals surface area (Å²) in [6, 6.07) is 0.727. The van der Waals surface area contributed by atoms with Crippen LogP contribution in [-0.4, -0.2) is 64.6 Å². The van der Waals surface area contributed by atoms with Gasteiger partial charge < -0.3 is 10.1 Å². The maximum absolute atomic E-state index is 9.24. The molecule has 0 aromatic rings. The van der Waals surface area contributed by atoms with Crippen LogP contribution in [0.1, 0.15) is 12.8 Å². The lowest BCUT2D eigenvalue weighted by Gasteiger charge is -2.39. The number of rotatable bonds is 1. The summed E-state index contributed by atoms with van der Waals surface area (Å²) >= 11 is 1.77. The molecule has 0 aromatic heterocycles. The van der Waals surface area contributed by atoms with Crippen molar-refractivity contribution in [2.75, 3.05) is 39.1 Å². The first-order chi connectivity index (χ1) is 6.75. The molecule has 2 heterocycles. The standard InChI is InChI=1S/C9H19N3OS/c1-10-4-2-9(3-5-10)12-7-6-11(13)8-14-12/h9,13H,2-8H2,1H3. The van der Waals surface area contributed by atoms with Crippen LogP contribution in [-0.2, 0) is 0 Å². The topological polar surface area (TPSA) is 30.0 Å². The van der Waals surface area contributed by atoms with Gasteiger partial charge in [-0.05, 0) is 33.0 Å². The molecule has 2 saturated heterocycles. The molecule has 4 nitrogen and oxygen atoms in total. The normalized spacial score (nSPS) is 29.6. The summed E-state index contributed by atoms with van der Waals surface area (Å²) in [5, 5.41) is 10.6. The van der Waals surface area contributed by atoms with Gasteiger partial charge in [-0.3, -0.25) is 0 Å². The average Bonchev–Trinajstić information content (AvgIpc) is 2.21. The Morgan fingerprint density at radius 2 is 1.86 bits per heavy atom. The molecule has 0 radical (unpaired) electrons. The second-order valence-corrected chi connectivity index (χ2v) is 5.15. The Morgan fingerprint density at radius 3 is 2.43 bits per heavy atom. The Hall–Kier alpha value is 0.190. The predicted octanol–water partition coefficient (Wildman–Crippen LogP) is 0.693. The molecule has 0 aromatic carbocycles. The van der Waals surface area contributed by atoms with Gasteiger partial charge in [-0.1, -0.05) is 11.9 Å². The van der Waals surface area contributed by atoms with Crippen LogP contribution in [0.25, 0.3) is 0 Å². The Balaban J connectivity index is 1.78. The van der Waals surface area contributed by atoms with E-state index in [1.165, 1.54) is 31.0 Å². The minimum Gasteiger partial charge on any atom is -0.313 e. The molecule has 5 heteroatoms. The van der Waals surface area contributed by atoms with E-state index in [1.54, 1.807) is 11.9 Å². The minimum atomic E-state index is 0.727. The molecule has 0 spiro atoms. The average molecular weight is 217 g/mol. The highest BCUT2D eigenvalue weighted by Gasteiger charge is 2.26. The fourth-order valence-corrected chi connectivity index (χ4v) is 3.10. The van der Waals surface area contributed by atoms with Gasteiger partial charge in [0.15, 0.2) is 0 Å². The second kappa shape index (κ2) is 4.81.